The Morgan fingerprint density at radius 1 is 0.579 bits per heavy atom. The summed E-state index contributed by atoms with van der Waals surface area (Å²) in [5.74, 6) is 0. The molecule has 0 unspecified atom stereocenters. The van der Waals surface area contributed by atoms with Gasteiger partial charge in [-0.05, 0) is 64.2 Å². The third-order valence-corrected chi connectivity index (χ3v) is 1.61. The van der Waals surface area contributed by atoms with E-state index in [2.05, 4.69) is 35.1 Å². The molecule has 2 fully saturated rings. The van der Waals surface area contributed by atoms with Gasteiger partial charge in [0.05, 0.1) is 0 Å². The van der Waals surface area contributed by atoms with Gasteiger partial charge in [0.2, 0.25) is 0 Å². The molecule has 0 aromatic carbocycles. The van der Waals surface area contributed by atoms with Crippen LogP contribution in [0.25, 0.3) is 0 Å². The Balaban J connectivity index is -0.0000000454. The van der Waals surface area contributed by atoms with E-state index < -0.39 is 0 Å². The molecule has 0 spiro atoms. The molecule has 2 rings (SSSR count). The second kappa shape index (κ2) is 37.1. The van der Waals surface area contributed by atoms with Gasteiger partial charge < -0.3 is 52.2 Å². The molecule has 0 aromatic heterocycles. The maximum atomic E-state index is 4.27. The van der Waals surface area contributed by atoms with E-state index in [4.69, 9.17) is 0 Å². The Bertz CT molecular complexity index is 111. The van der Waals surface area contributed by atoms with Crippen molar-refractivity contribution < 1.29 is 39.1 Å². The van der Waals surface area contributed by atoms with E-state index in [1.165, 1.54) is 28.8 Å². The Morgan fingerprint density at radius 3 is 0.737 bits per heavy atom. The van der Waals surface area contributed by atoms with E-state index in [0.717, 1.165) is 0 Å². The van der Waals surface area contributed by atoms with Crippen LogP contribution in [-0.2, 0) is 91.3 Å². The molecule has 0 nitrogen and oxygen atoms in total. The summed E-state index contributed by atoms with van der Waals surface area (Å²) in [5.41, 5.74) is 0. The van der Waals surface area contributed by atoms with Crippen LogP contribution in [0.15, 0.2) is 10.8 Å². The van der Waals surface area contributed by atoms with Crippen LogP contribution < -0.4 is 0 Å². The molecule has 7 heteroatoms. The Labute approximate surface area is 174 Å². The van der Waals surface area contributed by atoms with Crippen LogP contribution in [0.4, 0.5) is 0 Å². The van der Waals surface area contributed by atoms with Gasteiger partial charge in [0.15, 0.2) is 0 Å². The molecule has 2 saturated carbocycles. The molecule has 10 radical (unpaired) electrons. The van der Waals surface area contributed by atoms with Crippen molar-refractivity contribution in [3.63, 3.8) is 0 Å². The first-order valence-corrected chi connectivity index (χ1v) is 8.04. The third kappa shape index (κ3) is 38.5. The van der Waals surface area contributed by atoms with Crippen LogP contribution in [0.3, 0.4) is 0 Å². The summed E-state index contributed by atoms with van der Waals surface area (Å²) in [7, 11) is 4.09. The second-order valence-electron chi connectivity index (χ2n) is 2.20. The zero-order chi connectivity index (χ0) is 12.5. The SMILES string of the molecule is [CH]1[CH][CH][CH][CH]1.[CH]1[CH][CH][CH][CH]1.[Mo].[S-]/C=C\[S-].[SH-].[SH-].[S]=[Mo]. The van der Waals surface area contributed by atoms with E-state index in [9.17, 15) is 0 Å². The molecule has 2 aliphatic carbocycles. The van der Waals surface area contributed by atoms with E-state index in [-0.39, 0.29) is 48.1 Å². The number of rotatable bonds is 0. The topological polar surface area (TPSA) is 0 Å². The van der Waals surface area contributed by atoms with Crippen LogP contribution in [-0.4, -0.2) is 0 Å². The molecule has 0 saturated heterocycles. The Hall–Kier alpha value is 2.48. The van der Waals surface area contributed by atoms with Gasteiger partial charge in [0, 0.05) is 21.1 Å². The molecule has 0 N–H and O–H groups in total. The summed E-state index contributed by atoms with van der Waals surface area (Å²) in [4.78, 5) is 0. The van der Waals surface area contributed by atoms with Crippen LogP contribution >= 0.6 is 9.82 Å². The fourth-order valence-corrected chi connectivity index (χ4v) is 0.642. The minimum absolute atomic E-state index is 0. The maximum absolute atomic E-state index is 4.27. The van der Waals surface area contributed by atoms with Crippen molar-refractivity contribution in [3.05, 3.63) is 75.0 Å². The second-order valence-corrected chi connectivity index (χ2v) is 2.74. The van der Waals surface area contributed by atoms with E-state index in [1.807, 2.05) is 64.2 Å². The molecular weight excluding hydrogens is 496 g/mol. The molecule has 108 valence electrons. The van der Waals surface area contributed by atoms with Crippen molar-refractivity contribution in [2.75, 3.05) is 0 Å². The summed E-state index contributed by atoms with van der Waals surface area (Å²) in [6.07, 6.45) is 20.0. The summed E-state index contributed by atoms with van der Waals surface area (Å²) < 4.78 is 0. The van der Waals surface area contributed by atoms with Gasteiger partial charge in [0.1, 0.15) is 0 Å². The zero-order valence-electron chi connectivity index (χ0n) is 9.86. The van der Waals surface area contributed by atoms with Crippen LogP contribution in [0.1, 0.15) is 0 Å². The van der Waals surface area contributed by atoms with Gasteiger partial charge in [-0.2, -0.15) is 0 Å². The molecule has 2 aliphatic rings. The van der Waals surface area contributed by atoms with E-state index >= 15 is 0 Å². The van der Waals surface area contributed by atoms with Crippen molar-refractivity contribution in [2.24, 2.45) is 0 Å². The molecule has 0 atom stereocenters. The molecular formula is C12H14Mo2S5-4. The van der Waals surface area contributed by atoms with Crippen molar-refractivity contribution in [3.8, 4) is 0 Å². The fraction of sp³-hybridized carbons (Fsp3) is 0. The average Bonchev–Trinajstić information content (AvgIpc) is 3.07. The van der Waals surface area contributed by atoms with Crippen molar-refractivity contribution in [1.82, 2.24) is 0 Å². The van der Waals surface area contributed by atoms with Gasteiger partial charge in [-0.3, -0.25) is 0 Å². The van der Waals surface area contributed by atoms with Crippen molar-refractivity contribution >= 4 is 62.1 Å². The predicted octanol–water partition coefficient (Wildman–Crippen LogP) is 2.70. The summed E-state index contributed by atoms with van der Waals surface area (Å²) in [6, 6.07) is 0. The van der Waals surface area contributed by atoms with Crippen LogP contribution in [0.5, 0.6) is 0 Å². The molecule has 19 heavy (non-hydrogen) atoms. The van der Waals surface area contributed by atoms with E-state index in [1.54, 1.807) is 0 Å². The van der Waals surface area contributed by atoms with Gasteiger partial charge in [-0.1, -0.05) is 0 Å². The molecule has 0 amide bonds. The number of hydrogen-bond donors (Lipinski definition) is 0. The third-order valence-electron chi connectivity index (χ3n) is 1.17. The summed E-state index contributed by atoms with van der Waals surface area (Å²) in [5, 5.41) is 2.80. The predicted molar refractivity (Wildman–Crippen MR) is 92.0 cm³/mol. The quantitative estimate of drug-likeness (QED) is 0.279. The summed E-state index contributed by atoms with van der Waals surface area (Å²) in [6.45, 7) is 0. The Morgan fingerprint density at radius 2 is 0.684 bits per heavy atom. The van der Waals surface area contributed by atoms with E-state index in [0.29, 0.717) is 0 Å². The van der Waals surface area contributed by atoms with Gasteiger partial charge in [-0.15, -0.1) is 0 Å². The molecule has 0 heterocycles. The summed E-state index contributed by atoms with van der Waals surface area (Å²) >= 11 is 10.1. The van der Waals surface area contributed by atoms with Crippen molar-refractivity contribution in [2.45, 2.75) is 0 Å². The van der Waals surface area contributed by atoms with Gasteiger partial charge >= 0.3 is 27.8 Å². The zero-order valence-corrected chi connectivity index (χ0v) is 18.1. The van der Waals surface area contributed by atoms with Crippen LogP contribution in [0, 0.1) is 64.2 Å². The van der Waals surface area contributed by atoms with Crippen molar-refractivity contribution in [1.29, 1.82) is 0 Å². The first-order valence-electron chi connectivity index (χ1n) is 4.30. The Kier molecular flexibility index (Phi) is 64.7. The molecule has 0 aromatic rings. The number of hydrogen-bond acceptors (Lipinski definition) is 5. The number of thiol groups is 2. The average molecular weight is 510 g/mol. The molecule has 0 aliphatic heterocycles. The van der Waals surface area contributed by atoms with Crippen LogP contribution in [0.2, 0.25) is 0 Å². The minimum atomic E-state index is 0. The fourth-order valence-electron chi connectivity index (χ4n) is 0.642. The molecule has 0 bridgehead atoms. The monoisotopic (exact) mass is 514 g/mol. The first-order chi connectivity index (χ1) is 7.91. The van der Waals surface area contributed by atoms with Gasteiger partial charge in [0.25, 0.3) is 0 Å². The normalized spacial score (nSPS) is 14.7. The standard InChI is InChI=1S/2C5H5.C2H4S2.2Mo.2H2S.S/c2*1-2-4-5-3-1;3-1-2-4;;;;;/h2*1-5H;1-4H;;;2*1H2;/p-4/b;;2-1-;;;;;. The van der Waals surface area contributed by atoms with Gasteiger partial charge in [-0.25, -0.2) is 10.8 Å². The first kappa shape index (κ1) is 33.2.